The lowest BCUT2D eigenvalue weighted by Crippen LogP contribution is -2.30. The number of amides is 1. The maximum Gasteiger partial charge on any atom is 0.255 e. The van der Waals surface area contributed by atoms with Crippen LogP contribution in [0, 0.1) is 12.8 Å². The Bertz CT molecular complexity index is 708. The maximum atomic E-state index is 12.6. The van der Waals surface area contributed by atoms with Crippen molar-refractivity contribution in [1.82, 2.24) is 10.2 Å². The molecule has 0 radical (unpaired) electrons. The zero-order chi connectivity index (χ0) is 16.4. The number of rotatable bonds is 5. The largest absolute Gasteiger partial charge is 0.494 e. The monoisotopic (exact) mass is 316 g/mol. The van der Waals surface area contributed by atoms with E-state index in [2.05, 4.69) is 17.3 Å². The highest BCUT2D eigenvalue weighted by molar-refractivity contribution is 6.07. The molecule has 3 rings (SSSR count). The van der Waals surface area contributed by atoms with Crippen LogP contribution in [0.25, 0.3) is 11.0 Å². The van der Waals surface area contributed by atoms with Gasteiger partial charge < -0.3 is 19.4 Å². The Hall–Kier alpha value is -2.01. The smallest absolute Gasteiger partial charge is 0.255 e. The maximum absolute atomic E-state index is 12.6. The Morgan fingerprint density at radius 3 is 3.00 bits per heavy atom. The molecule has 1 aliphatic rings. The van der Waals surface area contributed by atoms with Crippen LogP contribution in [0.1, 0.15) is 29.5 Å². The molecule has 0 spiro atoms. The van der Waals surface area contributed by atoms with Crippen LogP contribution in [0.2, 0.25) is 0 Å². The second-order valence-corrected chi connectivity index (χ2v) is 6.25. The minimum atomic E-state index is -0.0653. The molecule has 2 heterocycles. The third-order valence-electron chi connectivity index (χ3n) is 4.41. The van der Waals surface area contributed by atoms with E-state index < -0.39 is 0 Å². The molecule has 0 unspecified atom stereocenters. The molecule has 1 aromatic carbocycles. The fraction of sp³-hybridized carbons (Fsp3) is 0.500. The van der Waals surface area contributed by atoms with E-state index in [4.69, 9.17) is 9.15 Å². The van der Waals surface area contributed by atoms with Crippen LogP contribution in [0.3, 0.4) is 0 Å². The molecule has 1 fully saturated rings. The number of nitrogens with zero attached hydrogens (tertiary/aromatic N) is 1. The van der Waals surface area contributed by atoms with Crippen molar-refractivity contribution >= 4 is 16.9 Å². The standard InChI is InChI=1S/C18H24N2O3/c1-4-22-14-5-6-16-15(9-14)17(12(2)23-16)18(21)19-10-13-7-8-20(3)11-13/h5-6,9,13H,4,7-8,10-11H2,1-3H3,(H,19,21)/t13-/m0/s1. The minimum absolute atomic E-state index is 0.0653. The normalized spacial score (nSPS) is 18.5. The van der Waals surface area contributed by atoms with Crippen LogP contribution in [-0.4, -0.2) is 44.1 Å². The molecule has 1 atom stereocenters. The predicted molar refractivity (Wildman–Crippen MR) is 90.1 cm³/mol. The van der Waals surface area contributed by atoms with Crippen LogP contribution in [0.5, 0.6) is 5.75 Å². The molecule has 0 aliphatic carbocycles. The zero-order valence-electron chi connectivity index (χ0n) is 14.0. The Morgan fingerprint density at radius 2 is 2.30 bits per heavy atom. The molecule has 1 aliphatic heterocycles. The number of hydrogen-bond donors (Lipinski definition) is 1. The number of carbonyl (C=O) groups excluding carboxylic acids is 1. The summed E-state index contributed by atoms with van der Waals surface area (Å²) in [5.41, 5.74) is 1.34. The first kappa shape index (κ1) is 15.9. The summed E-state index contributed by atoms with van der Waals surface area (Å²) in [6, 6.07) is 5.61. The van der Waals surface area contributed by atoms with Crippen molar-refractivity contribution in [3.05, 3.63) is 29.5 Å². The summed E-state index contributed by atoms with van der Waals surface area (Å²) < 4.78 is 11.2. The van der Waals surface area contributed by atoms with Gasteiger partial charge in [0.05, 0.1) is 12.2 Å². The third kappa shape index (κ3) is 3.34. The van der Waals surface area contributed by atoms with Gasteiger partial charge in [-0.15, -0.1) is 0 Å². The van der Waals surface area contributed by atoms with E-state index in [0.29, 0.717) is 30.4 Å². The molecule has 1 saturated heterocycles. The SMILES string of the molecule is CCOc1ccc2oc(C)c(C(=O)NC[C@@H]3CCN(C)C3)c2c1. The number of fused-ring (bicyclic) bond motifs is 1. The highest BCUT2D eigenvalue weighted by atomic mass is 16.5. The van der Waals surface area contributed by atoms with Crippen molar-refractivity contribution in [1.29, 1.82) is 0 Å². The summed E-state index contributed by atoms with van der Waals surface area (Å²) in [5.74, 6) is 1.87. The number of ether oxygens (including phenoxy) is 1. The summed E-state index contributed by atoms with van der Waals surface area (Å²) in [5, 5.41) is 3.88. The fourth-order valence-corrected chi connectivity index (χ4v) is 3.26. The van der Waals surface area contributed by atoms with Gasteiger partial charge in [0, 0.05) is 18.5 Å². The van der Waals surface area contributed by atoms with E-state index >= 15 is 0 Å². The Labute approximate surface area is 136 Å². The van der Waals surface area contributed by atoms with E-state index in [1.165, 1.54) is 0 Å². The number of nitrogens with one attached hydrogen (secondary N) is 1. The van der Waals surface area contributed by atoms with Crippen molar-refractivity contribution in [2.75, 3.05) is 33.3 Å². The van der Waals surface area contributed by atoms with Gasteiger partial charge in [-0.3, -0.25) is 4.79 Å². The molecular weight excluding hydrogens is 292 g/mol. The summed E-state index contributed by atoms with van der Waals surface area (Å²) in [6.45, 7) is 7.22. The molecule has 5 heteroatoms. The first-order chi connectivity index (χ1) is 11.1. The summed E-state index contributed by atoms with van der Waals surface area (Å²) in [7, 11) is 2.12. The van der Waals surface area contributed by atoms with Crippen molar-refractivity contribution in [2.45, 2.75) is 20.3 Å². The lowest BCUT2D eigenvalue weighted by Gasteiger charge is -2.11. The number of carbonyl (C=O) groups is 1. The lowest BCUT2D eigenvalue weighted by atomic mass is 10.1. The molecule has 1 aromatic heterocycles. The molecule has 2 aromatic rings. The Kier molecular flexibility index (Phi) is 4.57. The van der Waals surface area contributed by atoms with Crippen molar-refractivity contribution < 1.29 is 13.9 Å². The van der Waals surface area contributed by atoms with Gasteiger partial charge in [-0.25, -0.2) is 0 Å². The van der Waals surface area contributed by atoms with E-state index in [0.717, 1.165) is 36.2 Å². The molecule has 5 nitrogen and oxygen atoms in total. The number of hydrogen-bond acceptors (Lipinski definition) is 4. The quantitative estimate of drug-likeness (QED) is 0.921. The van der Waals surface area contributed by atoms with Crippen LogP contribution in [0.4, 0.5) is 0 Å². The highest BCUT2D eigenvalue weighted by Crippen LogP contribution is 2.29. The Balaban J connectivity index is 1.78. The first-order valence-corrected chi connectivity index (χ1v) is 8.21. The van der Waals surface area contributed by atoms with Crippen LogP contribution < -0.4 is 10.1 Å². The number of benzene rings is 1. The van der Waals surface area contributed by atoms with E-state index in [-0.39, 0.29) is 5.91 Å². The molecule has 0 saturated carbocycles. The average molecular weight is 316 g/mol. The lowest BCUT2D eigenvalue weighted by molar-refractivity contribution is 0.0947. The fourth-order valence-electron chi connectivity index (χ4n) is 3.26. The summed E-state index contributed by atoms with van der Waals surface area (Å²) in [6.07, 6.45) is 1.14. The van der Waals surface area contributed by atoms with E-state index in [9.17, 15) is 4.79 Å². The molecule has 1 amide bonds. The van der Waals surface area contributed by atoms with Crippen LogP contribution in [-0.2, 0) is 0 Å². The summed E-state index contributed by atoms with van der Waals surface area (Å²) in [4.78, 5) is 14.9. The zero-order valence-corrected chi connectivity index (χ0v) is 14.0. The Morgan fingerprint density at radius 1 is 1.48 bits per heavy atom. The second-order valence-electron chi connectivity index (χ2n) is 6.25. The van der Waals surface area contributed by atoms with Crippen LogP contribution in [0.15, 0.2) is 22.6 Å². The molecule has 1 N–H and O–H groups in total. The third-order valence-corrected chi connectivity index (χ3v) is 4.41. The molecule has 23 heavy (non-hydrogen) atoms. The number of likely N-dealkylation sites (tertiary alicyclic amines) is 1. The molecule has 124 valence electrons. The van der Waals surface area contributed by atoms with Crippen molar-refractivity contribution in [2.24, 2.45) is 5.92 Å². The topological polar surface area (TPSA) is 54.7 Å². The van der Waals surface area contributed by atoms with Gasteiger partial charge in [-0.05, 0) is 58.0 Å². The van der Waals surface area contributed by atoms with Crippen LogP contribution >= 0.6 is 0 Å². The van der Waals surface area contributed by atoms with Gasteiger partial charge in [0.2, 0.25) is 0 Å². The van der Waals surface area contributed by atoms with Gasteiger partial charge in [-0.2, -0.15) is 0 Å². The second kappa shape index (κ2) is 6.62. The average Bonchev–Trinajstić information content (AvgIpc) is 3.07. The minimum Gasteiger partial charge on any atom is -0.494 e. The van der Waals surface area contributed by atoms with Gasteiger partial charge >= 0.3 is 0 Å². The number of aryl methyl sites for hydroxylation is 1. The van der Waals surface area contributed by atoms with E-state index in [1.807, 2.05) is 32.0 Å². The summed E-state index contributed by atoms with van der Waals surface area (Å²) >= 11 is 0. The van der Waals surface area contributed by atoms with Gasteiger partial charge in [0.15, 0.2) is 0 Å². The predicted octanol–water partition coefficient (Wildman–Crippen LogP) is 2.82. The molecule has 0 bridgehead atoms. The van der Waals surface area contributed by atoms with Gasteiger partial charge in [0.25, 0.3) is 5.91 Å². The van der Waals surface area contributed by atoms with Gasteiger partial charge in [0.1, 0.15) is 17.1 Å². The molecular formula is C18H24N2O3. The number of furan rings is 1. The first-order valence-electron chi connectivity index (χ1n) is 8.21. The van der Waals surface area contributed by atoms with Crippen molar-refractivity contribution in [3.8, 4) is 5.75 Å². The highest BCUT2D eigenvalue weighted by Gasteiger charge is 2.22. The van der Waals surface area contributed by atoms with Gasteiger partial charge in [-0.1, -0.05) is 0 Å². The van der Waals surface area contributed by atoms with Crippen molar-refractivity contribution in [3.63, 3.8) is 0 Å². The van der Waals surface area contributed by atoms with E-state index in [1.54, 1.807) is 0 Å².